The molecule has 17 heavy (non-hydrogen) atoms. The summed E-state index contributed by atoms with van der Waals surface area (Å²) in [4.78, 5) is 10.7. The Bertz CT molecular complexity index is 305. The quantitative estimate of drug-likeness (QED) is 0.255. The van der Waals surface area contributed by atoms with Crippen molar-refractivity contribution in [3.8, 4) is 11.8 Å². The number of carbonyl (C=O) groups is 1. The molecule has 0 aromatic carbocycles. The lowest BCUT2D eigenvalue weighted by Crippen LogP contribution is -2.40. The Morgan fingerprint density at radius 2 is 1.88 bits per heavy atom. The van der Waals surface area contributed by atoms with E-state index in [4.69, 9.17) is 4.43 Å². The van der Waals surface area contributed by atoms with Crippen molar-refractivity contribution in [2.75, 3.05) is 13.7 Å². The molecule has 0 bridgehead atoms. The molecule has 0 aliphatic rings. The summed E-state index contributed by atoms with van der Waals surface area (Å²) in [5, 5.41) is 0.241. The predicted octanol–water partition coefficient (Wildman–Crippen LogP) is 2.96. The molecule has 0 aliphatic heterocycles. The molecule has 0 heterocycles. The number of unbranched alkanes of at least 4 members (excludes halogenated alkanes) is 1. The summed E-state index contributed by atoms with van der Waals surface area (Å²) in [5.41, 5.74) is 0. The fraction of sp³-hybridized carbons (Fsp3) is 0.769. The fourth-order valence-corrected chi connectivity index (χ4v) is 1.98. The normalized spacial score (nSPS) is 11.6. The third-order valence-electron chi connectivity index (χ3n) is 3.09. The van der Waals surface area contributed by atoms with E-state index in [0.717, 1.165) is 6.42 Å². The van der Waals surface area contributed by atoms with E-state index in [1.807, 2.05) is 0 Å². The van der Waals surface area contributed by atoms with Gasteiger partial charge >= 0.3 is 5.97 Å². The van der Waals surface area contributed by atoms with Gasteiger partial charge in [-0.3, -0.25) is 0 Å². The van der Waals surface area contributed by atoms with Crippen molar-refractivity contribution in [2.24, 2.45) is 0 Å². The van der Waals surface area contributed by atoms with Gasteiger partial charge in [0.2, 0.25) is 0 Å². The topological polar surface area (TPSA) is 35.5 Å². The molecule has 98 valence electrons. The third-order valence-corrected chi connectivity index (χ3v) is 7.63. The van der Waals surface area contributed by atoms with Crippen molar-refractivity contribution in [3.63, 3.8) is 0 Å². The van der Waals surface area contributed by atoms with E-state index in [2.05, 4.69) is 50.4 Å². The van der Waals surface area contributed by atoms with Crippen LogP contribution in [-0.4, -0.2) is 28.0 Å². The number of methoxy groups -OCH3 is 1. The second kappa shape index (κ2) is 6.82. The molecule has 0 saturated heterocycles. The third kappa shape index (κ3) is 6.50. The number of rotatable bonds is 4. The molecule has 0 aliphatic carbocycles. The average molecular weight is 256 g/mol. The number of esters is 1. The second-order valence-electron chi connectivity index (χ2n) is 5.51. The van der Waals surface area contributed by atoms with E-state index in [9.17, 15) is 4.79 Å². The molecular formula is C13H24O3Si. The number of hydrogen-bond donors (Lipinski definition) is 0. The molecule has 0 spiro atoms. The Balaban J connectivity index is 3.86. The van der Waals surface area contributed by atoms with Crippen molar-refractivity contribution < 1.29 is 14.0 Å². The van der Waals surface area contributed by atoms with Gasteiger partial charge in [-0.25, -0.2) is 4.79 Å². The van der Waals surface area contributed by atoms with Crippen LogP contribution in [0.4, 0.5) is 0 Å². The Labute approximate surface area is 106 Å². The molecule has 0 unspecified atom stereocenters. The van der Waals surface area contributed by atoms with Gasteiger partial charge in [-0.15, -0.1) is 0 Å². The molecule has 0 rings (SSSR count). The molecule has 0 atom stereocenters. The molecule has 0 fully saturated rings. The number of hydrogen-bond acceptors (Lipinski definition) is 3. The van der Waals surface area contributed by atoms with Crippen LogP contribution in [0.15, 0.2) is 0 Å². The first-order valence-electron chi connectivity index (χ1n) is 5.91. The lowest BCUT2D eigenvalue weighted by Gasteiger charge is -2.36. The Hall–Kier alpha value is -0.793. The van der Waals surface area contributed by atoms with Crippen LogP contribution < -0.4 is 0 Å². The number of carbonyl (C=O) groups excluding carboxylic acids is 1. The summed E-state index contributed by atoms with van der Waals surface area (Å²) in [7, 11) is -0.303. The first-order chi connectivity index (χ1) is 7.70. The molecule has 3 nitrogen and oxygen atoms in total. The van der Waals surface area contributed by atoms with Gasteiger partial charge in [-0.2, -0.15) is 0 Å². The second-order valence-corrected chi connectivity index (χ2v) is 10.3. The van der Waals surface area contributed by atoms with Gasteiger partial charge in [0, 0.05) is 18.9 Å². The first-order valence-corrected chi connectivity index (χ1v) is 8.82. The summed E-state index contributed by atoms with van der Waals surface area (Å²) in [6.07, 6.45) is 1.53. The molecule has 0 N–H and O–H groups in total. The summed E-state index contributed by atoms with van der Waals surface area (Å²) < 4.78 is 10.4. The zero-order valence-electron chi connectivity index (χ0n) is 11.8. The summed E-state index contributed by atoms with van der Waals surface area (Å²) in [6, 6.07) is 0. The minimum atomic E-state index is -1.63. The van der Waals surface area contributed by atoms with Crippen molar-refractivity contribution in [1.82, 2.24) is 0 Å². The lowest BCUT2D eigenvalue weighted by atomic mass is 10.2. The van der Waals surface area contributed by atoms with Crippen LogP contribution in [-0.2, 0) is 14.0 Å². The maximum atomic E-state index is 10.7. The van der Waals surface area contributed by atoms with Gasteiger partial charge < -0.3 is 9.16 Å². The highest BCUT2D eigenvalue weighted by molar-refractivity contribution is 6.74. The molecule has 0 amide bonds. The molecule has 0 saturated carbocycles. The van der Waals surface area contributed by atoms with Crippen molar-refractivity contribution >= 4 is 14.3 Å². The zero-order chi connectivity index (χ0) is 13.5. The van der Waals surface area contributed by atoms with Gasteiger partial charge in [0.25, 0.3) is 0 Å². The van der Waals surface area contributed by atoms with Crippen LogP contribution in [0.25, 0.3) is 0 Å². The molecule has 0 aromatic rings. The van der Waals surface area contributed by atoms with Crippen LogP contribution >= 0.6 is 0 Å². The maximum Gasteiger partial charge on any atom is 0.384 e. The van der Waals surface area contributed by atoms with Crippen LogP contribution in [0.1, 0.15) is 33.6 Å². The Morgan fingerprint density at radius 1 is 1.29 bits per heavy atom. The predicted molar refractivity (Wildman–Crippen MR) is 72.2 cm³/mol. The van der Waals surface area contributed by atoms with Gasteiger partial charge in [0.15, 0.2) is 8.32 Å². The van der Waals surface area contributed by atoms with Crippen LogP contribution in [0, 0.1) is 11.8 Å². The van der Waals surface area contributed by atoms with Crippen LogP contribution in [0.3, 0.4) is 0 Å². The van der Waals surface area contributed by atoms with Crippen molar-refractivity contribution in [3.05, 3.63) is 0 Å². The average Bonchev–Trinajstić information content (AvgIpc) is 2.21. The molecule has 4 heteroatoms. The minimum absolute atomic E-state index is 0.241. The van der Waals surface area contributed by atoms with E-state index in [0.29, 0.717) is 13.0 Å². The molecular weight excluding hydrogens is 232 g/mol. The van der Waals surface area contributed by atoms with E-state index in [1.165, 1.54) is 7.11 Å². The molecule has 0 radical (unpaired) electrons. The fourth-order valence-electron chi connectivity index (χ4n) is 0.890. The van der Waals surface area contributed by atoms with Crippen LogP contribution in [0.2, 0.25) is 18.1 Å². The molecule has 0 aromatic heterocycles. The first kappa shape index (κ1) is 16.2. The summed E-state index contributed by atoms with van der Waals surface area (Å²) >= 11 is 0. The van der Waals surface area contributed by atoms with Crippen molar-refractivity contribution in [1.29, 1.82) is 0 Å². The maximum absolute atomic E-state index is 10.7. The van der Waals surface area contributed by atoms with Gasteiger partial charge in [-0.05, 0) is 24.6 Å². The monoisotopic (exact) mass is 256 g/mol. The van der Waals surface area contributed by atoms with Crippen molar-refractivity contribution in [2.45, 2.75) is 51.7 Å². The van der Waals surface area contributed by atoms with E-state index in [-0.39, 0.29) is 5.04 Å². The van der Waals surface area contributed by atoms with Gasteiger partial charge in [-0.1, -0.05) is 26.7 Å². The number of ether oxygens (including phenoxy) is 1. The van der Waals surface area contributed by atoms with Gasteiger partial charge in [0.1, 0.15) is 0 Å². The highest BCUT2D eigenvalue weighted by atomic mass is 28.4. The Kier molecular flexibility index (Phi) is 6.51. The zero-order valence-corrected chi connectivity index (χ0v) is 12.8. The Morgan fingerprint density at radius 3 is 2.35 bits per heavy atom. The summed E-state index contributed by atoms with van der Waals surface area (Å²) in [5.74, 6) is 4.70. The van der Waals surface area contributed by atoms with E-state index >= 15 is 0 Å². The minimum Gasteiger partial charge on any atom is -0.459 e. The van der Waals surface area contributed by atoms with E-state index in [1.54, 1.807) is 0 Å². The lowest BCUT2D eigenvalue weighted by molar-refractivity contribution is -0.133. The highest BCUT2D eigenvalue weighted by Crippen LogP contribution is 2.36. The van der Waals surface area contributed by atoms with Gasteiger partial charge in [0.05, 0.1) is 7.11 Å². The van der Waals surface area contributed by atoms with Crippen LogP contribution in [0.5, 0.6) is 0 Å². The van der Waals surface area contributed by atoms with E-state index < -0.39 is 14.3 Å². The highest BCUT2D eigenvalue weighted by Gasteiger charge is 2.36. The SMILES string of the molecule is COC(=O)C#CCCCO[Si](C)(C)C(C)(C)C. The summed E-state index contributed by atoms with van der Waals surface area (Å²) in [6.45, 7) is 11.8. The smallest absolute Gasteiger partial charge is 0.384 e. The standard InChI is InChI=1S/C13H24O3Si/c1-13(2,3)17(5,6)16-11-9-7-8-10-12(14)15-4/h7,9,11H2,1-6H3. The largest absolute Gasteiger partial charge is 0.459 e.